The van der Waals surface area contributed by atoms with Gasteiger partial charge in [0.15, 0.2) is 6.61 Å². The molecule has 3 aliphatic rings. The zero-order chi connectivity index (χ0) is 33.0. The van der Waals surface area contributed by atoms with Crippen molar-refractivity contribution >= 4 is 39.3 Å². The van der Waals surface area contributed by atoms with Crippen LogP contribution in [0.1, 0.15) is 40.2 Å². The molecule has 242 valence electrons. The number of benzene rings is 3. The fourth-order valence-corrected chi connectivity index (χ4v) is 5.99. The van der Waals surface area contributed by atoms with Crippen LogP contribution >= 0.6 is 15.9 Å². The Morgan fingerprint density at radius 2 is 1.70 bits per heavy atom. The molecule has 6 rings (SSSR count). The van der Waals surface area contributed by atoms with Crippen LogP contribution in [0.5, 0.6) is 11.5 Å². The summed E-state index contributed by atoms with van der Waals surface area (Å²) in [6.07, 6.45) is -7.81. The number of nitrogens with zero attached hydrogens (tertiary/aromatic N) is 2. The minimum Gasteiger partial charge on any atom is -0.483 e. The number of ether oxygens (including phenoxy) is 2. The number of anilines is 1. The quantitative estimate of drug-likeness (QED) is 0.292. The van der Waals surface area contributed by atoms with Gasteiger partial charge in [0.05, 0.1) is 27.8 Å². The van der Waals surface area contributed by atoms with Crippen molar-refractivity contribution in [2.75, 3.05) is 31.6 Å². The van der Waals surface area contributed by atoms with Gasteiger partial charge in [-0.05, 0) is 93.8 Å². The maximum Gasteiger partial charge on any atom is 0.573 e. The number of carbonyl (C=O) groups excluding carboxylic acids is 3. The highest BCUT2D eigenvalue weighted by Gasteiger charge is 2.41. The van der Waals surface area contributed by atoms with E-state index in [1.807, 2.05) is 0 Å². The van der Waals surface area contributed by atoms with Gasteiger partial charge in [0.25, 0.3) is 11.8 Å². The minimum absolute atomic E-state index is 0.00507. The van der Waals surface area contributed by atoms with Gasteiger partial charge in [0.1, 0.15) is 17.5 Å². The molecular formula is C31H24BrF6N3O5. The van der Waals surface area contributed by atoms with Gasteiger partial charge in [-0.1, -0.05) is 12.1 Å². The number of amides is 3. The molecule has 2 heterocycles. The van der Waals surface area contributed by atoms with E-state index in [9.17, 15) is 40.7 Å². The summed E-state index contributed by atoms with van der Waals surface area (Å²) in [5.74, 6) is -1.92. The lowest BCUT2D eigenvalue weighted by atomic mass is 9.95. The lowest BCUT2D eigenvalue weighted by molar-refractivity contribution is -0.274. The average Bonchev–Trinajstić information content (AvgIpc) is 3.85. The first-order valence-corrected chi connectivity index (χ1v) is 14.9. The summed E-state index contributed by atoms with van der Waals surface area (Å²) in [5.41, 5.74) is 0.832. The van der Waals surface area contributed by atoms with Gasteiger partial charge in [0, 0.05) is 13.1 Å². The largest absolute Gasteiger partial charge is 0.573 e. The van der Waals surface area contributed by atoms with E-state index in [-0.39, 0.29) is 47.0 Å². The maximum absolute atomic E-state index is 13.7. The molecule has 3 aromatic rings. The predicted octanol–water partition coefficient (Wildman–Crippen LogP) is 6.60. The van der Waals surface area contributed by atoms with Crippen LogP contribution in [0.2, 0.25) is 0 Å². The molecule has 1 aliphatic carbocycles. The number of halogens is 7. The Balaban J connectivity index is 1.16. The van der Waals surface area contributed by atoms with Crippen molar-refractivity contribution in [1.82, 2.24) is 9.80 Å². The van der Waals surface area contributed by atoms with Gasteiger partial charge in [-0.2, -0.15) is 13.2 Å². The Hall–Kier alpha value is -4.27. The third-order valence-corrected chi connectivity index (χ3v) is 8.58. The summed E-state index contributed by atoms with van der Waals surface area (Å²) >= 11 is 3.08. The first-order valence-electron chi connectivity index (χ1n) is 14.1. The number of hydrogen-bond donors (Lipinski definition) is 1. The van der Waals surface area contributed by atoms with Crippen molar-refractivity contribution in [2.24, 2.45) is 0 Å². The molecule has 1 N–H and O–H groups in total. The standard InChI is InChI=1S/C31H24BrF6N3O5/c32-23-13-21(46-31(36,37)38)4-6-26(23)45-15-27(42)40-7-8-41-25(14-40)28(43)39-24-5-3-17(12-22(24)29(41)44)19-9-18(16-1-2-16)10-20(11-19)30(33,34)35/h3-6,9-13,16,25H,1-2,7-8,14-15H2,(H,39,43). The van der Waals surface area contributed by atoms with Crippen LogP contribution in [0.15, 0.2) is 59.1 Å². The molecule has 0 radical (unpaired) electrons. The van der Waals surface area contributed by atoms with Crippen molar-refractivity contribution in [3.63, 3.8) is 0 Å². The number of carbonyl (C=O) groups is 3. The van der Waals surface area contributed by atoms with Crippen LogP contribution < -0.4 is 14.8 Å². The highest BCUT2D eigenvalue weighted by atomic mass is 79.9. The minimum atomic E-state index is -4.88. The Kier molecular flexibility index (Phi) is 8.15. The second-order valence-electron chi connectivity index (χ2n) is 11.1. The van der Waals surface area contributed by atoms with E-state index >= 15 is 0 Å². The van der Waals surface area contributed by atoms with Crippen LogP contribution in [0.3, 0.4) is 0 Å². The molecule has 1 atom stereocenters. The van der Waals surface area contributed by atoms with E-state index in [1.165, 1.54) is 28.0 Å². The molecule has 0 spiro atoms. The smallest absolute Gasteiger partial charge is 0.483 e. The summed E-state index contributed by atoms with van der Waals surface area (Å²) in [7, 11) is 0. The molecule has 0 bridgehead atoms. The van der Waals surface area contributed by atoms with E-state index in [0.717, 1.165) is 37.1 Å². The number of rotatable bonds is 6. The number of alkyl halides is 6. The van der Waals surface area contributed by atoms with E-state index in [0.29, 0.717) is 16.7 Å². The summed E-state index contributed by atoms with van der Waals surface area (Å²) in [5, 5.41) is 2.70. The van der Waals surface area contributed by atoms with Gasteiger partial charge < -0.3 is 24.6 Å². The average molecular weight is 712 g/mol. The molecule has 1 saturated heterocycles. The highest BCUT2D eigenvalue weighted by molar-refractivity contribution is 9.10. The van der Waals surface area contributed by atoms with Gasteiger partial charge in [-0.3, -0.25) is 14.4 Å². The zero-order valence-electron chi connectivity index (χ0n) is 23.7. The molecule has 3 aromatic carbocycles. The second kappa shape index (κ2) is 11.8. The lowest BCUT2D eigenvalue weighted by Gasteiger charge is -2.39. The Morgan fingerprint density at radius 3 is 2.37 bits per heavy atom. The van der Waals surface area contributed by atoms with E-state index in [1.54, 1.807) is 12.1 Å². The molecule has 3 amide bonds. The van der Waals surface area contributed by atoms with Gasteiger partial charge in [-0.15, -0.1) is 13.2 Å². The van der Waals surface area contributed by atoms with Gasteiger partial charge in [-0.25, -0.2) is 0 Å². The summed E-state index contributed by atoms with van der Waals surface area (Å²) in [6, 6.07) is 10.6. The number of fused-ring (bicyclic) bond motifs is 2. The molecule has 1 saturated carbocycles. The first kappa shape index (κ1) is 31.7. The predicted molar refractivity (Wildman–Crippen MR) is 155 cm³/mol. The molecule has 15 heteroatoms. The van der Waals surface area contributed by atoms with Crippen LogP contribution in [0.25, 0.3) is 11.1 Å². The van der Waals surface area contributed by atoms with Crippen LogP contribution in [-0.2, 0) is 15.8 Å². The molecule has 2 fully saturated rings. The second-order valence-corrected chi connectivity index (χ2v) is 12.0. The Bertz CT molecular complexity index is 1730. The molecule has 1 unspecified atom stereocenters. The van der Waals surface area contributed by atoms with Gasteiger partial charge >= 0.3 is 12.5 Å². The number of hydrogen-bond acceptors (Lipinski definition) is 5. The summed E-state index contributed by atoms with van der Waals surface area (Å²) in [4.78, 5) is 42.6. The van der Waals surface area contributed by atoms with E-state index in [4.69, 9.17) is 4.74 Å². The maximum atomic E-state index is 13.7. The Morgan fingerprint density at radius 1 is 0.935 bits per heavy atom. The molecule has 2 aliphatic heterocycles. The third-order valence-electron chi connectivity index (χ3n) is 7.96. The Labute approximate surface area is 266 Å². The topological polar surface area (TPSA) is 88.2 Å². The van der Waals surface area contributed by atoms with Crippen molar-refractivity contribution in [2.45, 2.75) is 37.3 Å². The zero-order valence-corrected chi connectivity index (χ0v) is 25.3. The number of piperazine rings is 1. The fourth-order valence-electron chi connectivity index (χ4n) is 5.52. The molecule has 0 aromatic heterocycles. The van der Waals surface area contributed by atoms with Crippen LogP contribution in [0, 0.1) is 0 Å². The van der Waals surface area contributed by atoms with Crippen molar-refractivity contribution in [3.05, 3.63) is 75.8 Å². The van der Waals surface area contributed by atoms with E-state index < -0.39 is 54.2 Å². The first-order chi connectivity index (χ1) is 21.7. The molecular weight excluding hydrogens is 688 g/mol. The fraction of sp³-hybridized carbons (Fsp3) is 0.323. The molecule has 46 heavy (non-hydrogen) atoms. The van der Waals surface area contributed by atoms with Crippen molar-refractivity contribution < 1.29 is 50.2 Å². The number of nitrogens with one attached hydrogen (secondary N) is 1. The molecule has 8 nitrogen and oxygen atoms in total. The SMILES string of the molecule is O=C1Nc2ccc(-c3cc(C4CC4)cc(C(F)(F)F)c3)cc2C(=O)N2CCN(C(=O)COc3ccc(OC(F)(F)F)cc3Br)CC12. The lowest BCUT2D eigenvalue weighted by Crippen LogP contribution is -2.60. The third kappa shape index (κ3) is 6.78. The van der Waals surface area contributed by atoms with Crippen LogP contribution in [-0.4, -0.2) is 66.2 Å². The van der Waals surface area contributed by atoms with E-state index in [2.05, 4.69) is 26.0 Å². The monoisotopic (exact) mass is 711 g/mol. The van der Waals surface area contributed by atoms with Crippen molar-refractivity contribution in [1.29, 1.82) is 0 Å². The normalized spacial score (nSPS) is 18.4. The van der Waals surface area contributed by atoms with Gasteiger partial charge in [0.2, 0.25) is 5.91 Å². The summed E-state index contributed by atoms with van der Waals surface area (Å²) in [6.45, 7) is -0.595. The van der Waals surface area contributed by atoms with Crippen molar-refractivity contribution in [3.8, 4) is 22.6 Å². The highest BCUT2D eigenvalue weighted by Crippen LogP contribution is 2.44. The van der Waals surface area contributed by atoms with Crippen LogP contribution in [0.4, 0.5) is 32.0 Å². The summed E-state index contributed by atoms with van der Waals surface area (Å²) < 4.78 is 87.9.